The summed E-state index contributed by atoms with van der Waals surface area (Å²) in [6, 6.07) is 14.9. The summed E-state index contributed by atoms with van der Waals surface area (Å²) in [5.41, 5.74) is 1.32. The van der Waals surface area contributed by atoms with E-state index in [4.69, 9.17) is 15.2 Å². The van der Waals surface area contributed by atoms with Crippen molar-refractivity contribution in [1.29, 1.82) is 0 Å². The molecular weight excluding hydrogens is 456 g/mol. The highest BCUT2D eigenvalue weighted by molar-refractivity contribution is 9.10. The minimum atomic E-state index is -0.532. The molecule has 2 heterocycles. The number of carbonyl (C=O) groups is 2. The lowest BCUT2D eigenvalue weighted by molar-refractivity contribution is -0.211. The molecule has 5 rings (SSSR count). The number of aromatic nitrogens is 2. The summed E-state index contributed by atoms with van der Waals surface area (Å²) < 4.78 is 6.44. The van der Waals surface area contributed by atoms with Crippen LogP contribution in [0.1, 0.15) is 20.7 Å². The molecule has 0 atom stereocenters. The maximum Gasteiger partial charge on any atom is 0.332 e. The molecule has 0 bridgehead atoms. The lowest BCUT2D eigenvalue weighted by Crippen LogP contribution is -2.40. The van der Waals surface area contributed by atoms with Gasteiger partial charge in [-0.15, -0.1) is 5.10 Å². The van der Waals surface area contributed by atoms with Gasteiger partial charge >= 0.3 is 6.01 Å². The summed E-state index contributed by atoms with van der Waals surface area (Å²) in [6.45, 7) is 0. The monoisotopic (exact) mass is 466 g/mol. The van der Waals surface area contributed by atoms with Crippen molar-refractivity contribution < 1.29 is 23.9 Å². The van der Waals surface area contributed by atoms with E-state index in [2.05, 4.69) is 31.1 Å². The van der Waals surface area contributed by atoms with Crippen LogP contribution in [0.25, 0.3) is 22.2 Å². The zero-order chi connectivity index (χ0) is 20.8. The number of amides is 2. The van der Waals surface area contributed by atoms with Crippen LogP contribution in [-0.2, 0) is 4.99 Å². The smallest absolute Gasteiger partial charge is 0.332 e. The predicted molar refractivity (Wildman–Crippen MR) is 108 cm³/mol. The summed E-state index contributed by atoms with van der Waals surface area (Å²) >= 11 is 3.46. The standard InChI is InChI=1S/C20H11BrN4O5/c21-15-9-8-14-16-12(15)2-1-3-13(16)18(26)25(19(14)27)20-24-23-17(28-20)10-4-6-11(7-5-10)29-30-22/h1-9H,22H2. The summed E-state index contributed by atoms with van der Waals surface area (Å²) in [5, 5.41) is 9.24. The minimum absolute atomic E-state index is 0.130. The number of carbonyl (C=O) groups excluding carboxylic acids is 2. The lowest BCUT2D eigenvalue weighted by atomic mass is 9.94. The van der Waals surface area contributed by atoms with E-state index in [1.807, 2.05) is 6.07 Å². The molecule has 1 aromatic heterocycles. The van der Waals surface area contributed by atoms with E-state index in [9.17, 15) is 9.59 Å². The summed E-state index contributed by atoms with van der Waals surface area (Å²) in [5.74, 6) is 4.30. The van der Waals surface area contributed by atoms with Gasteiger partial charge in [-0.1, -0.05) is 38.1 Å². The molecule has 0 unspecified atom stereocenters. The first-order valence-corrected chi connectivity index (χ1v) is 9.45. The Kier molecular flexibility index (Phi) is 4.31. The van der Waals surface area contributed by atoms with Crippen molar-refractivity contribution in [3.63, 3.8) is 0 Å². The molecule has 3 aromatic carbocycles. The van der Waals surface area contributed by atoms with Gasteiger partial charge in [0.1, 0.15) is 0 Å². The van der Waals surface area contributed by atoms with Gasteiger partial charge in [-0.2, -0.15) is 10.8 Å². The minimum Gasteiger partial charge on any atom is -0.403 e. The van der Waals surface area contributed by atoms with Crippen molar-refractivity contribution >= 4 is 44.5 Å². The molecule has 1 aliphatic rings. The Morgan fingerprint density at radius 1 is 0.933 bits per heavy atom. The quantitative estimate of drug-likeness (QED) is 0.275. The maximum atomic E-state index is 13.1. The molecule has 148 valence electrons. The van der Waals surface area contributed by atoms with Crippen LogP contribution in [-0.4, -0.2) is 22.0 Å². The molecule has 30 heavy (non-hydrogen) atoms. The molecule has 10 heteroatoms. The Morgan fingerprint density at radius 3 is 2.40 bits per heavy atom. The zero-order valence-electron chi connectivity index (χ0n) is 15.0. The number of hydrogen-bond acceptors (Lipinski definition) is 8. The van der Waals surface area contributed by atoms with Crippen LogP contribution in [0.3, 0.4) is 0 Å². The Morgan fingerprint density at radius 2 is 1.67 bits per heavy atom. The fourth-order valence-corrected chi connectivity index (χ4v) is 3.83. The third-order valence-corrected chi connectivity index (χ3v) is 5.40. The highest BCUT2D eigenvalue weighted by atomic mass is 79.9. The van der Waals surface area contributed by atoms with E-state index in [0.29, 0.717) is 27.8 Å². The molecular formula is C20H11BrN4O5. The van der Waals surface area contributed by atoms with E-state index in [-0.39, 0.29) is 11.9 Å². The van der Waals surface area contributed by atoms with Crippen LogP contribution in [0, 0.1) is 0 Å². The highest BCUT2D eigenvalue weighted by Crippen LogP contribution is 2.36. The van der Waals surface area contributed by atoms with Crippen LogP contribution < -0.4 is 15.7 Å². The molecule has 4 aromatic rings. The van der Waals surface area contributed by atoms with Crippen LogP contribution in [0.2, 0.25) is 0 Å². The van der Waals surface area contributed by atoms with Gasteiger partial charge < -0.3 is 9.30 Å². The maximum absolute atomic E-state index is 13.1. The first kappa shape index (κ1) is 18.4. The SMILES string of the molecule is NOOc1ccc(-c2nnc(N3C(=O)c4cccc5c(Br)ccc(c45)C3=O)o2)cc1. The van der Waals surface area contributed by atoms with Gasteiger partial charge in [0.2, 0.25) is 5.89 Å². The summed E-state index contributed by atoms with van der Waals surface area (Å²) in [7, 11) is 0. The highest BCUT2D eigenvalue weighted by Gasteiger charge is 2.37. The van der Waals surface area contributed by atoms with E-state index in [1.165, 1.54) is 0 Å². The number of nitrogens with two attached hydrogens (primary N) is 1. The number of anilines is 1. The average Bonchev–Trinajstić information content (AvgIpc) is 3.23. The first-order chi connectivity index (χ1) is 14.6. The first-order valence-electron chi connectivity index (χ1n) is 8.66. The van der Waals surface area contributed by atoms with Crippen LogP contribution in [0.5, 0.6) is 5.75 Å². The predicted octanol–water partition coefficient (Wildman–Crippen LogP) is 3.64. The summed E-state index contributed by atoms with van der Waals surface area (Å²) in [6.07, 6.45) is 0. The van der Waals surface area contributed by atoms with Crippen LogP contribution in [0.15, 0.2) is 63.5 Å². The van der Waals surface area contributed by atoms with Crippen LogP contribution >= 0.6 is 15.9 Å². The number of imide groups is 1. The number of halogens is 1. The van der Waals surface area contributed by atoms with E-state index in [0.717, 1.165) is 14.8 Å². The van der Waals surface area contributed by atoms with Crippen molar-refractivity contribution in [2.75, 3.05) is 4.90 Å². The van der Waals surface area contributed by atoms with Crippen molar-refractivity contribution in [2.24, 2.45) is 5.90 Å². The molecule has 0 saturated heterocycles. The Labute approximate surface area is 177 Å². The summed E-state index contributed by atoms with van der Waals surface area (Å²) in [4.78, 5) is 35.9. The third kappa shape index (κ3) is 2.77. The largest absolute Gasteiger partial charge is 0.403 e. The molecule has 0 aliphatic carbocycles. The average molecular weight is 467 g/mol. The second kappa shape index (κ2) is 7.02. The van der Waals surface area contributed by atoms with E-state index >= 15 is 0 Å². The van der Waals surface area contributed by atoms with Gasteiger partial charge in [-0.05, 0) is 47.9 Å². The number of rotatable bonds is 4. The van der Waals surface area contributed by atoms with Crippen molar-refractivity contribution in [3.8, 4) is 17.2 Å². The number of benzene rings is 3. The Balaban J connectivity index is 1.55. The fourth-order valence-electron chi connectivity index (χ4n) is 3.37. The lowest BCUT2D eigenvalue weighted by Gasteiger charge is -2.24. The topological polar surface area (TPSA) is 121 Å². The molecule has 0 saturated carbocycles. The van der Waals surface area contributed by atoms with E-state index < -0.39 is 11.8 Å². The second-order valence-electron chi connectivity index (χ2n) is 6.36. The molecule has 0 spiro atoms. The molecule has 1 aliphatic heterocycles. The molecule has 0 fully saturated rings. The normalized spacial score (nSPS) is 13.2. The van der Waals surface area contributed by atoms with Gasteiger partial charge in [-0.25, -0.2) is 0 Å². The third-order valence-electron chi connectivity index (χ3n) is 4.71. The fraction of sp³-hybridized carbons (Fsp3) is 0. The van der Waals surface area contributed by atoms with Crippen molar-refractivity contribution in [3.05, 3.63) is 70.2 Å². The molecule has 2 amide bonds. The van der Waals surface area contributed by atoms with Crippen molar-refractivity contribution in [1.82, 2.24) is 10.2 Å². The van der Waals surface area contributed by atoms with E-state index in [1.54, 1.807) is 48.5 Å². The van der Waals surface area contributed by atoms with Gasteiger partial charge in [0.15, 0.2) is 5.75 Å². The van der Waals surface area contributed by atoms with Crippen molar-refractivity contribution in [2.45, 2.75) is 0 Å². The Hall–Kier alpha value is -3.60. The van der Waals surface area contributed by atoms with Gasteiger partial charge in [0.25, 0.3) is 11.8 Å². The van der Waals surface area contributed by atoms with Gasteiger partial charge in [-0.3, -0.25) is 9.59 Å². The van der Waals surface area contributed by atoms with Crippen LogP contribution in [0.4, 0.5) is 6.01 Å². The molecule has 2 N–H and O–H groups in total. The Bertz CT molecular complexity index is 1300. The number of nitrogens with zero attached hydrogens (tertiary/aromatic N) is 3. The van der Waals surface area contributed by atoms with Gasteiger partial charge in [0.05, 0.1) is 0 Å². The molecule has 9 nitrogen and oxygen atoms in total. The number of hydrogen-bond donors (Lipinski definition) is 1. The second-order valence-corrected chi connectivity index (χ2v) is 7.22. The van der Waals surface area contributed by atoms with Gasteiger partial charge in [0, 0.05) is 26.5 Å². The molecule has 0 radical (unpaired) electrons. The zero-order valence-corrected chi connectivity index (χ0v) is 16.6.